The lowest BCUT2D eigenvalue weighted by Gasteiger charge is -2.31. The van der Waals surface area contributed by atoms with Gasteiger partial charge in [-0.25, -0.2) is 18.4 Å². The maximum atomic E-state index is 12.3. The molecule has 2 rings (SSSR count). The van der Waals surface area contributed by atoms with E-state index in [1.807, 2.05) is 7.05 Å². The van der Waals surface area contributed by atoms with Gasteiger partial charge in [-0.3, -0.25) is 0 Å². The smallest absolute Gasteiger partial charge is 0.246 e. The highest BCUT2D eigenvalue weighted by atomic mass is 32.2. The second-order valence-corrected chi connectivity index (χ2v) is 6.14. The number of anilines is 1. The lowest BCUT2D eigenvalue weighted by molar-refractivity contribution is 0.222. The standard InChI is InChI=1S/C10H17N5O2S/c1-11-10-12-7-9(8-13-10)18(16,17)15-5-3-14(2)4-6-15/h7-8H,3-6H2,1-2H3,(H,11,12,13). The Morgan fingerprint density at radius 3 is 2.22 bits per heavy atom. The molecular weight excluding hydrogens is 254 g/mol. The van der Waals surface area contributed by atoms with Crippen LogP contribution in [0.1, 0.15) is 0 Å². The maximum absolute atomic E-state index is 12.3. The van der Waals surface area contributed by atoms with Crippen molar-refractivity contribution in [3.8, 4) is 0 Å². The lowest BCUT2D eigenvalue weighted by Crippen LogP contribution is -2.47. The number of sulfonamides is 1. The minimum Gasteiger partial charge on any atom is -0.357 e. The minimum absolute atomic E-state index is 0.144. The zero-order valence-corrected chi connectivity index (χ0v) is 11.3. The van der Waals surface area contributed by atoms with E-state index in [1.54, 1.807) is 7.05 Å². The quantitative estimate of drug-likeness (QED) is 0.795. The Morgan fingerprint density at radius 2 is 1.72 bits per heavy atom. The van der Waals surface area contributed by atoms with Gasteiger partial charge in [-0.15, -0.1) is 0 Å². The number of aromatic nitrogens is 2. The van der Waals surface area contributed by atoms with E-state index in [0.29, 0.717) is 19.0 Å². The molecule has 18 heavy (non-hydrogen) atoms. The fourth-order valence-electron chi connectivity index (χ4n) is 1.76. The van der Waals surface area contributed by atoms with Crippen molar-refractivity contribution in [2.75, 3.05) is 45.6 Å². The van der Waals surface area contributed by atoms with Crippen LogP contribution < -0.4 is 5.32 Å². The first-order valence-corrected chi connectivity index (χ1v) is 7.16. The molecule has 0 saturated carbocycles. The van der Waals surface area contributed by atoms with E-state index in [0.717, 1.165) is 13.1 Å². The molecule has 0 atom stereocenters. The average molecular weight is 271 g/mol. The zero-order valence-electron chi connectivity index (χ0n) is 10.5. The number of hydrogen-bond donors (Lipinski definition) is 1. The summed E-state index contributed by atoms with van der Waals surface area (Å²) in [5.74, 6) is 0.410. The molecule has 8 heteroatoms. The van der Waals surface area contributed by atoms with Crippen molar-refractivity contribution in [2.24, 2.45) is 0 Å². The molecule has 7 nitrogen and oxygen atoms in total. The summed E-state index contributed by atoms with van der Waals surface area (Å²) in [5.41, 5.74) is 0. The van der Waals surface area contributed by atoms with Gasteiger partial charge in [-0.05, 0) is 7.05 Å². The van der Waals surface area contributed by atoms with E-state index in [4.69, 9.17) is 0 Å². The highest BCUT2D eigenvalue weighted by molar-refractivity contribution is 7.89. The van der Waals surface area contributed by atoms with Crippen LogP contribution in [0.5, 0.6) is 0 Å². The molecule has 100 valence electrons. The molecular formula is C10H17N5O2S. The molecule has 1 aliphatic rings. The largest absolute Gasteiger partial charge is 0.357 e. The number of piperazine rings is 1. The molecule has 1 N–H and O–H groups in total. The van der Waals surface area contributed by atoms with Gasteiger partial charge in [0.15, 0.2) is 0 Å². The zero-order chi connectivity index (χ0) is 13.2. The van der Waals surface area contributed by atoms with Crippen molar-refractivity contribution < 1.29 is 8.42 Å². The predicted molar refractivity (Wildman–Crippen MR) is 67.8 cm³/mol. The van der Waals surface area contributed by atoms with Crippen LogP contribution in [0.2, 0.25) is 0 Å². The van der Waals surface area contributed by atoms with Crippen LogP contribution in [0.25, 0.3) is 0 Å². The maximum Gasteiger partial charge on any atom is 0.246 e. The van der Waals surface area contributed by atoms with Crippen LogP contribution >= 0.6 is 0 Å². The van der Waals surface area contributed by atoms with E-state index in [2.05, 4.69) is 20.2 Å². The Balaban J connectivity index is 2.19. The summed E-state index contributed by atoms with van der Waals surface area (Å²) in [6.45, 7) is 2.50. The Hall–Kier alpha value is -1.25. The summed E-state index contributed by atoms with van der Waals surface area (Å²) >= 11 is 0. The van der Waals surface area contributed by atoms with Gasteiger partial charge in [0, 0.05) is 33.2 Å². The Morgan fingerprint density at radius 1 is 1.17 bits per heavy atom. The van der Waals surface area contributed by atoms with E-state index >= 15 is 0 Å². The molecule has 2 heterocycles. The number of likely N-dealkylation sites (N-methyl/N-ethyl adjacent to an activating group) is 1. The lowest BCUT2D eigenvalue weighted by atomic mass is 10.4. The van der Waals surface area contributed by atoms with Gasteiger partial charge in [-0.2, -0.15) is 4.31 Å². The predicted octanol–water partition coefficient (Wildman–Crippen LogP) is -0.546. The summed E-state index contributed by atoms with van der Waals surface area (Å²) in [6.07, 6.45) is 2.68. The molecule has 0 amide bonds. The van der Waals surface area contributed by atoms with Gasteiger partial charge < -0.3 is 10.2 Å². The van der Waals surface area contributed by atoms with Crippen LogP contribution in [0.4, 0.5) is 5.95 Å². The van der Waals surface area contributed by atoms with E-state index in [9.17, 15) is 8.42 Å². The van der Waals surface area contributed by atoms with Gasteiger partial charge in [0.2, 0.25) is 16.0 Å². The molecule has 1 aromatic heterocycles. The average Bonchev–Trinajstić information content (AvgIpc) is 2.39. The van der Waals surface area contributed by atoms with Crippen molar-refractivity contribution in [3.05, 3.63) is 12.4 Å². The molecule has 0 aliphatic carbocycles. The molecule has 1 fully saturated rings. The second kappa shape index (κ2) is 5.17. The third kappa shape index (κ3) is 2.60. The number of rotatable bonds is 3. The number of hydrogen-bond acceptors (Lipinski definition) is 6. The van der Waals surface area contributed by atoms with Crippen LogP contribution in [-0.2, 0) is 10.0 Å². The number of nitrogens with one attached hydrogen (secondary N) is 1. The first-order chi connectivity index (χ1) is 8.54. The third-order valence-corrected chi connectivity index (χ3v) is 4.80. The van der Waals surface area contributed by atoms with E-state index in [-0.39, 0.29) is 4.90 Å². The highest BCUT2D eigenvalue weighted by Crippen LogP contribution is 2.16. The Kier molecular flexibility index (Phi) is 3.79. The summed E-state index contributed by atoms with van der Waals surface area (Å²) < 4.78 is 26.1. The molecule has 1 aliphatic heterocycles. The summed E-state index contributed by atoms with van der Waals surface area (Å²) in [4.78, 5) is 10.1. The van der Waals surface area contributed by atoms with Crippen molar-refractivity contribution in [2.45, 2.75) is 4.90 Å². The van der Waals surface area contributed by atoms with E-state index < -0.39 is 10.0 Å². The summed E-state index contributed by atoms with van der Waals surface area (Å²) in [6, 6.07) is 0. The first kappa shape index (κ1) is 13.2. The van der Waals surface area contributed by atoms with Gasteiger partial charge in [0.25, 0.3) is 0 Å². The molecule has 0 bridgehead atoms. The number of nitrogens with zero attached hydrogens (tertiary/aromatic N) is 4. The van der Waals surface area contributed by atoms with Gasteiger partial charge in [0.1, 0.15) is 4.90 Å². The topological polar surface area (TPSA) is 78.4 Å². The van der Waals surface area contributed by atoms with Crippen molar-refractivity contribution in [1.82, 2.24) is 19.2 Å². The van der Waals surface area contributed by atoms with Gasteiger partial charge >= 0.3 is 0 Å². The van der Waals surface area contributed by atoms with Crippen molar-refractivity contribution in [3.63, 3.8) is 0 Å². The molecule has 0 unspecified atom stereocenters. The fraction of sp³-hybridized carbons (Fsp3) is 0.600. The molecule has 0 aromatic carbocycles. The summed E-state index contributed by atoms with van der Waals surface area (Å²) in [7, 11) is 0.209. The molecule has 1 saturated heterocycles. The molecule has 0 radical (unpaired) electrons. The highest BCUT2D eigenvalue weighted by Gasteiger charge is 2.27. The van der Waals surface area contributed by atoms with Crippen LogP contribution in [0.3, 0.4) is 0 Å². The SMILES string of the molecule is CNc1ncc(S(=O)(=O)N2CCN(C)CC2)cn1. The first-order valence-electron chi connectivity index (χ1n) is 5.72. The minimum atomic E-state index is -3.46. The Labute approximate surface area is 107 Å². The second-order valence-electron chi connectivity index (χ2n) is 4.20. The van der Waals surface area contributed by atoms with E-state index in [1.165, 1.54) is 16.7 Å². The van der Waals surface area contributed by atoms with Crippen LogP contribution in [0.15, 0.2) is 17.3 Å². The fourth-order valence-corrected chi connectivity index (χ4v) is 3.07. The summed E-state index contributed by atoms with van der Waals surface area (Å²) in [5, 5.41) is 2.75. The molecule has 0 spiro atoms. The monoisotopic (exact) mass is 271 g/mol. The van der Waals surface area contributed by atoms with Crippen molar-refractivity contribution >= 4 is 16.0 Å². The van der Waals surface area contributed by atoms with Gasteiger partial charge in [0.05, 0.1) is 12.4 Å². The third-order valence-electron chi connectivity index (χ3n) is 2.95. The Bertz CT molecular complexity index is 494. The van der Waals surface area contributed by atoms with Gasteiger partial charge in [-0.1, -0.05) is 0 Å². The van der Waals surface area contributed by atoms with Crippen molar-refractivity contribution in [1.29, 1.82) is 0 Å². The van der Waals surface area contributed by atoms with Crippen LogP contribution in [-0.4, -0.2) is 67.9 Å². The van der Waals surface area contributed by atoms with Crippen LogP contribution in [0, 0.1) is 0 Å². The normalized spacial score (nSPS) is 18.8. The molecule has 1 aromatic rings.